The molecule has 3 heterocycles. The van der Waals surface area contributed by atoms with Gasteiger partial charge in [0, 0.05) is 34.0 Å². The molecule has 0 spiro atoms. The van der Waals surface area contributed by atoms with Gasteiger partial charge in [-0.25, -0.2) is 9.97 Å². The van der Waals surface area contributed by atoms with E-state index in [1.165, 1.54) is 0 Å². The first-order chi connectivity index (χ1) is 22.8. The quantitative estimate of drug-likeness (QED) is 0.201. The fourth-order valence-electron chi connectivity index (χ4n) is 6.49. The van der Waals surface area contributed by atoms with Crippen LogP contribution in [0.1, 0.15) is 0 Å². The Hall–Kier alpha value is -6.33. The Morgan fingerprint density at radius 3 is 1.63 bits per heavy atom. The van der Waals surface area contributed by atoms with E-state index in [4.69, 9.17) is 15.0 Å². The molecule has 0 aliphatic heterocycles. The molecule has 9 aromatic rings. The molecular weight excluding hydrogens is 562 g/mol. The van der Waals surface area contributed by atoms with E-state index in [1.807, 2.05) is 36.5 Å². The van der Waals surface area contributed by atoms with Crippen LogP contribution >= 0.6 is 0 Å². The van der Waals surface area contributed by atoms with Crippen molar-refractivity contribution in [2.24, 2.45) is 0 Å². The van der Waals surface area contributed by atoms with Gasteiger partial charge >= 0.3 is 0 Å². The average Bonchev–Trinajstić information content (AvgIpc) is 3.72. The summed E-state index contributed by atoms with van der Waals surface area (Å²) in [6.07, 6.45) is 1.87. The molecule has 0 radical (unpaired) electrons. The fraction of sp³-hybridized carbons (Fsp3) is 0. The number of imidazole rings is 2. The van der Waals surface area contributed by atoms with Crippen molar-refractivity contribution in [2.75, 3.05) is 0 Å². The lowest BCUT2D eigenvalue weighted by Gasteiger charge is -2.15. The molecule has 9 rings (SSSR count). The first kappa shape index (κ1) is 26.1. The molecule has 0 amide bonds. The van der Waals surface area contributed by atoms with E-state index < -0.39 is 0 Å². The SMILES string of the molecule is c1ccc(-c2nc3ccccc3n2-c2ccc(-c3ccc(-n4c(-c5ccccc5)nc5ccccc54)c4cccnc34)cc2)cc1. The molecule has 0 fully saturated rings. The summed E-state index contributed by atoms with van der Waals surface area (Å²) in [5.41, 5.74) is 11.4. The minimum atomic E-state index is 0.908. The van der Waals surface area contributed by atoms with Crippen LogP contribution in [-0.4, -0.2) is 24.1 Å². The number of rotatable bonds is 5. The summed E-state index contributed by atoms with van der Waals surface area (Å²) in [5.74, 6) is 1.83. The van der Waals surface area contributed by atoms with Crippen LogP contribution in [-0.2, 0) is 0 Å². The van der Waals surface area contributed by atoms with Gasteiger partial charge in [-0.15, -0.1) is 0 Å². The standard InChI is InChI=1S/C41H27N5/c1-3-12-29(13-4-1)40-43-34-17-7-9-19-37(34)45(40)31-23-21-28(22-24-31)32-25-26-36(33-16-11-27-42-39(32)33)46-38-20-10-8-18-35(38)44-41(46)30-14-5-2-6-15-30/h1-27H. The molecule has 5 heteroatoms. The topological polar surface area (TPSA) is 48.5 Å². The van der Waals surface area contributed by atoms with Crippen molar-refractivity contribution in [2.45, 2.75) is 0 Å². The van der Waals surface area contributed by atoms with Crippen LogP contribution in [0.2, 0.25) is 0 Å². The van der Waals surface area contributed by atoms with Gasteiger partial charge in [-0.05, 0) is 60.2 Å². The number of aromatic nitrogens is 5. The third-order valence-corrected chi connectivity index (χ3v) is 8.61. The molecule has 0 unspecified atom stereocenters. The summed E-state index contributed by atoms with van der Waals surface area (Å²) in [6, 6.07) is 54.6. The predicted molar refractivity (Wildman–Crippen MR) is 187 cm³/mol. The number of pyridine rings is 1. The van der Waals surface area contributed by atoms with Gasteiger partial charge < -0.3 is 0 Å². The molecule has 6 aromatic carbocycles. The minimum absolute atomic E-state index is 0.908. The summed E-state index contributed by atoms with van der Waals surface area (Å²) < 4.78 is 4.50. The van der Waals surface area contributed by atoms with E-state index in [0.29, 0.717) is 0 Å². The van der Waals surface area contributed by atoms with Gasteiger partial charge in [0.2, 0.25) is 0 Å². The van der Waals surface area contributed by atoms with Gasteiger partial charge in [0.25, 0.3) is 0 Å². The Labute approximate surface area is 265 Å². The van der Waals surface area contributed by atoms with Gasteiger partial charge in [0.05, 0.1) is 33.3 Å². The van der Waals surface area contributed by atoms with E-state index >= 15 is 0 Å². The molecule has 0 saturated heterocycles. The van der Waals surface area contributed by atoms with E-state index in [2.05, 4.69) is 137 Å². The number of nitrogens with zero attached hydrogens (tertiary/aromatic N) is 5. The van der Waals surface area contributed by atoms with Crippen molar-refractivity contribution in [1.82, 2.24) is 24.1 Å². The van der Waals surface area contributed by atoms with Gasteiger partial charge in [0.15, 0.2) is 0 Å². The number of benzene rings is 6. The lowest BCUT2D eigenvalue weighted by atomic mass is 10.00. The molecule has 0 aliphatic rings. The van der Waals surface area contributed by atoms with E-state index in [-0.39, 0.29) is 0 Å². The summed E-state index contributed by atoms with van der Waals surface area (Å²) in [4.78, 5) is 15.0. The summed E-state index contributed by atoms with van der Waals surface area (Å²) in [6.45, 7) is 0. The smallest absolute Gasteiger partial charge is 0.145 e. The van der Waals surface area contributed by atoms with Crippen LogP contribution in [0.5, 0.6) is 0 Å². The highest BCUT2D eigenvalue weighted by molar-refractivity contribution is 6.00. The lowest BCUT2D eigenvalue weighted by Crippen LogP contribution is -2.00. The van der Waals surface area contributed by atoms with Crippen molar-refractivity contribution in [1.29, 1.82) is 0 Å². The maximum Gasteiger partial charge on any atom is 0.145 e. The van der Waals surface area contributed by atoms with Gasteiger partial charge in [0.1, 0.15) is 11.6 Å². The largest absolute Gasteiger partial charge is 0.292 e. The highest BCUT2D eigenvalue weighted by Crippen LogP contribution is 2.36. The third kappa shape index (κ3) is 4.21. The second-order valence-corrected chi connectivity index (χ2v) is 11.3. The third-order valence-electron chi connectivity index (χ3n) is 8.61. The van der Waals surface area contributed by atoms with E-state index in [0.717, 1.165) is 78.2 Å². The monoisotopic (exact) mass is 589 g/mol. The molecule has 0 N–H and O–H groups in total. The Balaban J connectivity index is 1.19. The lowest BCUT2D eigenvalue weighted by molar-refractivity contribution is 1.10. The molecule has 0 bridgehead atoms. The molecular formula is C41H27N5. The van der Waals surface area contributed by atoms with Crippen molar-refractivity contribution >= 4 is 33.0 Å². The van der Waals surface area contributed by atoms with Crippen molar-refractivity contribution < 1.29 is 0 Å². The zero-order valence-corrected chi connectivity index (χ0v) is 24.8. The van der Waals surface area contributed by atoms with Gasteiger partial charge in [-0.1, -0.05) is 103 Å². The molecule has 0 saturated carbocycles. The molecule has 46 heavy (non-hydrogen) atoms. The Morgan fingerprint density at radius 2 is 0.978 bits per heavy atom. The molecule has 216 valence electrons. The van der Waals surface area contributed by atoms with Crippen LogP contribution in [0.15, 0.2) is 164 Å². The number of hydrogen-bond acceptors (Lipinski definition) is 3. The summed E-state index contributed by atoms with van der Waals surface area (Å²) in [7, 11) is 0. The summed E-state index contributed by atoms with van der Waals surface area (Å²) in [5, 5.41) is 1.07. The van der Waals surface area contributed by atoms with Crippen molar-refractivity contribution in [3.05, 3.63) is 164 Å². The molecule has 5 nitrogen and oxygen atoms in total. The van der Waals surface area contributed by atoms with Crippen LogP contribution in [0, 0.1) is 0 Å². The summed E-state index contributed by atoms with van der Waals surface area (Å²) >= 11 is 0. The zero-order valence-electron chi connectivity index (χ0n) is 24.8. The predicted octanol–water partition coefficient (Wildman–Crippen LogP) is 9.91. The zero-order chi connectivity index (χ0) is 30.5. The second-order valence-electron chi connectivity index (χ2n) is 11.3. The number of fused-ring (bicyclic) bond motifs is 3. The average molecular weight is 590 g/mol. The maximum absolute atomic E-state index is 5.07. The number of hydrogen-bond donors (Lipinski definition) is 0. The van der Waals surface area contributed by atoms with E-state index in [9.17, 15) is 0 Å². The maximum atomic E-state index is 5.07. The second kappa shape index (κ2) is 10.7. The normalized spacial score (nSPS) is 11.5. The Kier molecular flexibility index (Phi) is 6.06. The van der Waals surface area contributed by atoms with Crippen LogP contribution in [0.3, 0.4) is 0 Å². The van der Waals surface area contributed by atoms with Crippen LogP contribution in [0.4, 0.5) is 0 Å². The molecule has 3 aromatic heterocycles. The minimum Gasteiger partial charge on any atom is -0.292 e. The van der Waals surface area contributed by atoms with Crippen LogP contribution < -0.4 is 0 Å². The van der Waals surface area contributed by atoms with Gasteiger partial charge in [-0.3, -0.25) is 14.1 Å². The van der Waals surface area contributed by atoms with Crippen molar-refractivity contribution in [3.8, 4) is 45.3 Å². The Bertz CT molecular complexity index is 2510. The first-order valence-electron chi connectivity index (χ1n) is 15.4. The van der Waals surface area contributed by atoms with Crippen LogP contribution in [0.25, 0.3) is 78.2 Å². The molecule has 0 atom stereocenters. The highest BCUT2D eigenvalue weighted by atomic mass is 15.1. The Morgan fingerprint density at radius 1 is 0.413 bits per heavy atom. The molecule has 0 aliphatic carbocycles. The van der Waals surface area contributed by atoms with Crippen molar-refractivity contribution in [3.63, 3.8) is 0 Å². The fourth-order valence-corrected chi connectivity index (χ4v) is 6.49. The highest BCUT2D eigenvalue weighted by Gasteiger charge is 2.19. The van der Waals surface area contributed by atoms with Gasteiger partial charge in [-0.2, -0.15) is 0 Å². The first-order valence-corrected chi connectivity index (χ1v) is 15.4. The van der Waals surface area contributed by atoms with E-state index in [1.54, 1.807) is 0 Å². The number of para-hydroxylation sites is 4.